The van der Waals surface area contributed by atoms with Gasteiger partial charge in [0.25, 0.3) is 0 Å². The van der Waals surface area contributed by atoms with Crippen LogP contribution < -0.4 is 5.32 Å². The average molecular weight is 344 g/mol. The molecule has 0 heterocycles. The number of carbonyl (C=O) groups is 1. The maximum Gasteiger partial charge on any atom is 0.321 e. The van der Waals surface area contributed by atoms with Crippen molar-refractivity contribution in [3.63, 3.8) is 0 Å². The number of amides is 2. The maximum atomic E-state index is 12.1. The normalized spacial score (nSPS) is 9.76. The van der Waals surface area contributed by atoms with Crippen LogP contribution in [0.25, 0.3) is 0 Å². The number of hydrogen-bond donors (Lipinski definition) is 1. The molecule has 0 saturated heterocycles. The standard InChI is InChI=1S/C16H14BrN3O/c1-20(11-13-2-6-14(17)7-3-13)16(21)19-15-8-4-12(10-18)5-9-15/h2-9H,11H2,1H3,(H,19,21). The van der Waals surface area contributed by atoms with E-state index in [9.17, 15) is 4.79 Å². The van der Waals surface area contributed by atoms with Gasteiger partial charge < -0.3 is 10.2 Å². The van der Waals surface area contributed by atoms with E-state index in [1.54, 1.807) is 36.2 Å². The van der Waals surface area contributed by atoms with Gasteiger partial charge >= 0.3 is 6.03 Å². The van der Waals surface area contributed by atoms with Crippen LogP contribution in [0.5, 0.6) is 0 Å². The van der Waals surface area contributed by atoms with E-state index in [2.05, 4.69) is 21.2 Å². The van der Waals surface area contributed by atoms with Crippen LogP contribution in [-0.2, 0) is 6.54 Å². The molecular weight excluding hydrogens is 330 g/mol. The van der Waals surface area contributed by atoms with Gasteiger partial charge in [-0.1, -0.05) is 28.1 Å². The Bertz CT molecular complexity index is 659. The molecule has 0 unspecified atom stereocenters. The molecule has 1 N–H and O–H groups in total. The Labute approximate surface area is 132 Å². The zero-order valence-electron chi connectivity index (χ0n) is 11.5. The second-order valence-electron chi connectivity index (χ2n) is 4.60. The Morgan fingerprint density at radius 2 is 1.81 bits per heavy atom. The zero-order chi connectivity index (χ0) is 15.2. The van der Waals surface area contributed by atoms with Crippen molar-refractivity contribution in [3.8, 4) is 6.07 Å². The van der Waals surface area contributed by atoms with Crippen molar-refractivity contribution in [1.82, 2.24) is 4.90 Å². The lowest BCUT2D eigenvalue weighted by atomic mass is 10.2. The molecule has 4 nitrogen and oxygen atoms in total. The number of nitriles is 1. The number of halogens is 1. The molecule has 2 amide bonds. The van der Waals surface area contributed by atoms with Crippen LogP contribution >= 0.6 is 15.9 Å². The lowest BCUT2D eigenvalue weighted by molar-refractivity contribution is 0.220. The van der Waals surface area contributed by atoms with Crippen LogP contribution in [0.2, 0.25) is 0 Å². The van der Waals surface area contributed by atoms with Crippen molar-refractivity contribution in [3.05, 3.63) is 64.1 Å². The predicted molar refractivity (Wildman–Crippen MR) is 85.8 cm³/mol. The second-order valence-corrected chi connectivity index (χ2v) is 5.52. The smallest absolute Gasteiger partial charge is 0.321 e. The summed E-state index contributed by atoms with van der Waals surface area (Å²) in [5, 5.41) is 11.5. The topological polar surface area (TPSA) is 56.1 Å². The number of carbonyl (C=O) groups excluding carboxylic acids is 1. The van der Waals surface area contributed by atoms with Gasteiger partial charge in [0.2, 0.25) is 0 Å². The SMILES string of the molecule is CN(Cc1ccc(Br)cc1)C(=O)Nc1ccc(C#N)cc1. The Morgan fingerprint density at radius 3 is 2.38 bits per heavy atom. The van der Waals surface area contributed by atoms with Gasteiger partial charge in [-0.2, -0.15) is 5.26 Å². The number of nitrogens with zero attached hydrogens (tertiary/aromatic N) is 2. The van der Waals surface area contributed by atoms with Crippen LogP contribution in [0.15, 0.2) is 53.0 Å². The van der Waals surface area contributed by atoms with E-state index in [0.29, 0.717) is 17.8 Å². The molecule has 0 bridgehead atoms. The van der Waals surface area contributed by atoms with E-state index >= 15 is 0 Å². The summed E-state index contributed by atoms with van der Waals surface area (Å²) in [6.07, 6.45) is 0. The van der Waals surface area contributed by atoms with Gasteiger partial charge in [-0.3, -0.25) is 0 Å². The number of urea groups is 1. The number of anilines is 1. The molecule has 0 aliphatic carbocycles. The summed E-state index contributed by atoms with van der Waals surface area (Å²) in [6, 6.07) is 16.4. The minimum absolute atomic E-state index is 0.192. The van der Waals surface area contributed by atoms with Crippen LogP contribution in [-0.4, -0.2) is 18.0 Å². The fourth-order valence-corrected chi connectivity index (χ4v) is 2.05. The minimum Gasteiger partial charge on any atom is -0.323 e. The molecule has 0 saturated carbocycles. The second kappa shape index (κ2) is 6.91. The van der Waals surface area contributed by atoms with Gasteiger partial charge in [-0.25, -0.2) is 4.79 Å². The largest absolute Gasteiger partial charge is 0.323 e. The third kappa shape index (κ3) is 4.33. The number of rotatable bonds is 3. The summed E-state index contributed by atoms with van der Waals surface area (Å²) in [7, 11) is 1.74. The van der Waals surface area contributed by atoms with E-state index in [-0.39, 0.29) is 6.03 Å². The summed E-state index contributed by atoms with van der Waals surface area (Å²) < 4.78 is 1.01. The van der Waals surface area contributed by atoms with E-state index in [1.165, 1.54) is 0 Å². The Hall–Kier alpha value is -2.32. The number of nitrogens with one attached hydrogen (secondary N) is 1. The molecule has 0 aromatic heterocycles. The number of hydrogen-bond acceptors (Lipinski definition) is 2. The Balaban J connectivity index is 1.95. The first-order valence-corrected chi connectivity index (χ1v) is 7.14. The highest BCUT2D eigenvalue weighted by Crippen LogP contribution is 2.13. The van der Waals surface area contributed by atoms with Crippen molar-refractivity contribution in [2.45, 2.75) is 6.54 Å². The van der Waals surface area contributed by atoms with Gasteiger partial charge in [0.05, 0.1) is 11.6 Å². The van der Waals surface area contributed by atoms with E-state index in [4.69, 9.17) is 5.26 Å². The van der Waals surface area contributed by atoms with Crippen LogP contribution in [0, 0.1) is 11.3 Å². The molecule has 106 valence electrons. The summed E-state index contributed by atoms with van der Waals surface area (Å²) in [5.41, 5.74) is 2.29. The zero-order valence-corrected chi connectivity index (χ0v) is 13.1. The van der Waals surface area contributed by atoms with E-state index in [0.717, 1.165) is 10.0 Å². The monoisotopic (exact) mass is 343 g/mol. The molecule has 0 spiro atoms. The van der Waals surface area contributed by atoms with Crippen LogP contribution in [0.1, 0.15) is 11.1 Å². The third-order valence-electron chi connectivity index (χ3n) is 2.94. The lowest BCUT2D eigenvalue weighted by Crippen LogP contribution is -2.30. The first-order valence-electron chi connectivity index (χ1n) is 6.35. The summed E-state index contributed by atoms with van der Waals surface area (Å²) in [4.78, 5) is 13.7. The molecule has 0 fully saturated rings. The van der Waals surface area contributed by atoms with Crippen molar-refractivity contribution in [2.75, 3.05) is 12.4 Å². The summed E-state index contributed by atoms with van der Waals surface area (Å²) in [6.45, 7) is 0.523. The molecule has 5 heteroatoms. The Morgan fingerprint density at radius 1 is 1.19 bits per heavy atom. The third-order valence-corrected chi connectivity index (χ3v) is 3.47. The molecule has 0 atom stereocenters. The first-order chi connectivity index (χ1) is 10.1. The van der Waals surface area contributed by atoms with Crippen molar-refractivity contribution >= 4 is 27.6 Å². The quantitative estimate of drug-likeness (QED) is 0.916. The molecule has 0 aliphatic rings. The molecule has 2 aromatic carbocycles. The lowest BCUT2D eigenvalue weighted by Gasteiger charge is -2.18. The molecule has 0 radical (unpaired) electrons. The highest BCUT2D eigenvalue weighted by atomic mass is 79.9. The van der Waals surface area contributed by atoms with Crippen molar-refractivity contribution in [1.29, 1.82) is 5.26 Å². The van der Waals surface area contributed by atoms with Crippen LogP contribution in [0.3, 0.4) is 0 Å². The van der Waals surface area contributed by atoms with Gasteiger partial charge in [0, 0.05) is 23.8 Å². The summed E-state index contributed by atoms with van der Waals surface area (Å²) in [5.74, 6) is 0. The summed E-state index contributed by atoms with van der Waals surface area (Å²) >= 11 is 3.38. The molecular formula is C16H14BrN3O. The van der Waals surface area contributed by atoms with Gasteiger partial charge in [-0.15, -0.1) is 0 Å². The average Bonchev–Trinajstić information content (AvgIpc) is 2.50. The number of benzene rings is 2. The highest BCUT2D eigenvalue weighted by molar-refractivity contribution is 9.10. The van der Waals surface area contributed by atoms with Crippen molar-refractivity contribution in [2.24, 2.45) is 0 Å². The Kier molecular flexibility index (Phi) is 4.96. The first kappa shape index (κ1) is 15.1. The van der Waals surface area contributed by atoms with Gasteiger partial charge in [0.1, 0.15) is 0 Å². The highest BCUT2D eigenvalue weighted by Gasteiger charge is 2.09. The fourth-order valence-electron chi connectivity index (χ4n) is 1.78. The molecule has 0 aliphatic heterocycles. The van der Waals surface area contributed by atoms with Crippen molar-refractivity contribution < 1.29 is 4.79 Å². The predicted octanol–water partition coefficient (Wildman–Crippen LogP) is 3.98. The van der Waals surface area contributed by atoms with E-state index in [1.807, 2.05) is 30.3 Å². The molecule has 21 heavy (non-hydrogen) atoms. The van der Waals surface area contributed by atoms with Crippen LogP contribution in [0.4, 0.5) is 10.5 Å². The fraction of sp³-hybridized carbons (Fsp3) is 0.125. The van der Waals surface area contributed by atoms with Gasteiger partial charge in [-0.05, 0) is 42.0 Å². The minimum atomic E-state index is -0.192. The maximum absolute atomic E-state index is 12.1. The molecule has 2 aromatic rings. The van der Waals surface area contributed by atoms with E-state index < -0.39 is 0 Å². The van der Waals surface area contributed by atoms with Gasteiger partial charge in [0.15, 0.2) is 0 Å². The molecule has 2 rings (SSSR count).